The summed E-state index contributed by atoms with van der Waals surface area (Å²) in [5.41, 5.74) is 7.58. The Labute approximate surface area is 126 Å². The van der Waals surface area contributed by atoms with E-state index in [4.69, 9.17) is 11.0 Å². The van der Waals surface area contributed by atoms with Crippen LogP contribution in [0.4, 0.5) is 0 Å². The van der Waals surface area contributed by atoms with Crippen LogP contribution >= 0.6 is 24.0 Å². The lowest BCUT2D eigenvalue weighted by Gasteiger charge is -2.19. The van der Waals surface area contributed by atoms with Crippen molar-refractivity contribution in [2.45, 2.75) is 20.4 Å². The van der Waals surface area contributed by atoms with Crippen LogP contribution < -0.4 is 5.73 Å². The zero-order valence-electron chi connectivity index (χ0n) is 10.8. The number of hydrogen-bond acceptors (Lipinski definition) is 2. The second-order valence-corrected chi connectivity index (χ2v) is 3.66. The van der Waals surface area contributed by atoms with Crippen LogP contribution in [0.15, 0.2) is 29.3 Å². The molecule has 1 rings (SSSR count). The van der Waals surface area contributed by atoms with Crippen LogP contribution in [0, 0.1) is 11.3 Å². The summed E-state index contributed by atoms with van der Waals surface area (Å²) in [6.07, 6.45) is 0. The highest BCUT2D eigenvalue weighted by Crippen LogP contribution is 2.04. The lowest BCUT2D eigenvalue weighted by molar-refractivity contribution is 0.458. The average Bonchev–Trinajstić information content (AvgIpc) is 2.38. The number of nitriles is 1. The van der Waals surface area contributed by atoms with E-state index in [0.29, 0.717) is 18.1 Å². The fourth-order valence-corrected chi connectivity index (χ4v) is 1.50. The van der Waals surface area contributed by atoms with Crippen molar-refractivity contribution < 1.29 is 0 Å². The van der Waals surface area contributed by atoms with E-state index in [1.807, 2.05) is 30.9 Å². The molecule has 0 saturated heterocycles. The lowest BCUT2D eigenvalue weighted by Crippen LogP contribution is -2.37. The molecule has 0 heterocycles. The monoisotopic (exact) mass is 358 g/mol. The molecule has 0 fully saturated rings. The fraction of sp³-hybridized carbons (Fsp3) is 0.385. The molecule has 0 radical (unpaired) electrons. The fourth-order valence-electron chi connectivity index (χ4n) is 1.50. The summed E-state index contributed by atoms with van der Waals surface area (Å²) < 4.78 is 0. The minimum atomic E-state index is 0. The molecule has 4 nitrogen and oxygen atoms in total. The van der Waals surface area contributed by atoms with Gasteiger partial charge in [0.25, 0.3) is 0 Å². The van der Waals surface area contributed by atoms with Gasteiger partial charge in [-0.1, -0.05) is 12.1 Å². The second kappa shape index (κ2) is 8.75. The summed E-state index contributed by atoms with van der Waals surface area (Å²) >= 11 is 0. The van der Waals surface area contributed by atoms with Crippen molar-refractivity contribution in [3.8, 4) is 6.07 Å². The van der Waals surface area contributed by atoms with Crippen LogP contribution in [0.2, 0.25) is 0 Å². The van der Waals surface area contributed by atoms with Crippen molar-refractivity contribution in [1.82, 2.24) is 4.90 Å². The molecule has 2 N–H and O–H groups in total. The normalized spacial score (nSPS) is 10.4. The molecule has 1 aromatic rings. The molecule has 0 saturated carbocycles. The summed E-state index contributed by atoms with van der Waals surface area (Å²) in [5, 5.41) is 8.68. The molecule has 0 aliphatic rings. The minimum Gasteiger partial charge on any atom is -0.370 e. The molecule has 0 unspecified atom stereocenters. The smallest absolute Gasteiger partial charge is 0.191 e. The Bertz CT molecular complexity index is 416. The predicted octanol–water partition coefficient (Wildman–Crippen LogP) is 2.33. The van der Waals surface area contributed by atoms with Gasteiger partial charge in [0.15, 0.2) is 5.96 Å². The first-order valence-corrected chi connectivity index (χ1v) is 5.75. The molecule has 0 bridgehead atoms. The van der Waals surface area contributed by atoms with Gasteiger partial charge in [0, 0.05) is 13.1 Å². The van der Waals surface area contributed by atoms with E-state index in [0.717, 1.165) is 18.7 Å². The van der Waals surface area contributed by atoms with E-state index < -0.39 is 0 Å². The van der Waals surface area contributed by atoms with Crippen molar-refractivity contribution in [2.24, 2.45) is 10.7 Å². The molecule has 0 aliphatic heterocycles. The maximum absolute atomic E-state index is 8.68. The van der Waals surface area contributed by atoms with Crippen LogP contribution in [0.1, 0.15) is 25.0 Å². The van der Waals surface area contributed by atoms with Gasteiger partial charge >= 0.3 is 0 Å². The standard InChI is InChI=1S/C13H18N4.HI/c1-3-17(4-2)13(15)16-10-12-7-5-11(9-14)6-8-12;/h5-8H,3-4,10H2,1-2H3,(H2,15,16);1H. The Morgan fingerprint density at radius 1 is 1.28 bits per heavy atom. The summed E-state index contributed by atoms with van der Waals surface area (Å²) in [7, 11) is 0. The highest BCUT2D eigenvalue weighted by molar-refractivity contribution is 14.0. The zero-order chi connectivity index (χ0) is 12.7. The summed E-state index contributed by atoms with van der Waals surface area (Å²) in [6, 6.07) is 9.47. The largest absolute Gasteiger partial charge is 0.370 e. The van der Waals surface area contributed by atoms with Crippen molar-refractivity contribution >= 4 is 29.9 Å². The van der Waals surface area contributed by atoms with Crippen LogP contribution in [0.25, 0.3) is 0 Å². The third kappa shape index (κ3) is 4.92. The summed E-state index contributed by atoms with van der Waals surface area (Å²) in [4.78, 5) is 6.33. The van der Waals surface area contributed by atoms with Crippen LogP contribution in [-0.4, -0.2) is 23.9 Å². The van der Waals surface area contributed by atoms with Gasteiger partial charge in [-0.05, 0) is 31.5 Å². The predicted molar refractivity (Wildman–Crippen MR) is 84.8 cm³/mol. The van der Waals surface area contributed by atoms with E-state index in [-0.39, 0.29) is 24.0 Å². The van der Waals surface area contributed by atoms with Gasteiger partial charge < -0.3 is 10.6 Å². The number of aliphatic imine (C=N–C) groups is 1. The zero-order valence-corrected chi connectivity index (χ0v) is 13.1. The number of guanidine groups is 1. The molecule has 5 heteroatoms. The van der Waals surface area contributed by atoms with Gasteiger partial charge in [0.2, 0.25) is 0 Å². The maximum Gasteiger partial charge on any atom is 0.191 e. The van der Waals surface area contributed by atoms with Gasteiger partial charge in [0.05, 0.1) is 18.2 Å². The quantitative estimate of drug-likeness (QED) is 0.510. The van der Waals surface area contributed by atoms with Gasteiger partial charge in [0.1, 0.15) is 0 Å². The highest BCUT2D eigenvalue weighted by atomic mass is 127. The Kier molecular flexibility index (Phi) is 8.12. The van der Waals surface area contributed by atoms with Crippen LogP contribution in [-0.2, 0) is 6.54 Å². The molecule has 0 aromatic heterocycles. The van der Waals surface area contributed by atoms with E-state index in [1.54, 1.807) is 12.1 Å². The second-order valence-electron chi connectivity index (χ2n) is 3.66. The van der Waals surface area contributed by atoms with Crippen molar-refractivity contribution in [1.29, 1.82) is 5.26 Å². The van der Waals surface area contributed by atoms with Crippen molar-refractivity contribution in [3.63, 3.8) is 0 Å². The molecule has 0 amide bonds. The third-order valence-electron chi connectivity index (χ3n) is 2.59. The van der Waals surface area contributed by atoms with E-state index >= 15 is 0 Å². The van der Waals surface area contributed by atoms with E-state index in [1.165, 1.54) is 0 Å². The van der Waals surface area contributed by atoms with Crippen LogP contribution in [0.5, 0.6) is 0 Å². The maximum atomic E-state index is 8.68. The average molecular weight is 358 g/mol. The first kappa shape index (κ1) is 16.7. The number of nitrogens with zero attached hydrogens (tertiary/aromatic N) is 3. The van der Waals surface area contributed by atoms with Crippen molar-refractivity contribution in [2.75, 3.05) is 13.1 Å². The van der Waals surface area contributed by atoms with Gasteiger partial charge in [-0.15, -0.1) is 24.0 Å². The van der Waals surface area contributed by atoms with Crippen LogP contribution in [0.3, 0.4) is 0 Å². The molecule has 0 spiro atoms. The highest BCUT2D eigenvalue weighted by Gasteiger charge is 2.01. The third-order valence-corrected chi connectivity index (χ3v) is 2.59. The summed E-state index contributed by atoms with van der Waals surface area (Å²) in [6.45, 7) is 6.37. The molecule has 1 aromatic carbocycles. The molecule has 0 aliphatic carbocycles. The minimum absolute atomic E-state index is 0. The number of halogens is 1. The SMILES string of the molecule is CCN(CC)C(N)=NCc1ccc(C#N)cc1.I. The number of nitrogens with two attached hydrogens (primary N) is 1. The molecular formula is C13H19IN4. The Balaban J connectivity index is 0.00000289. The molecule has 18 heavy (non-hydrogen) atoms. The number of benzene rings is 1. The van der Waals surface area contributed by atoms with Gasteiger partial charge in [-0.3, -0.25) is 0 Å². The van der Waals surface area contributed by atoms with Crippen molar-refractivity contribution in [3.05, 3.63) is 35.4 Å². The van der Waals surface area contributed by atoms with Gasteiger partial charge in [-0.25, -0.2) is 4.99 Å². The first-order chi connectivity index (χ1) is 8.21. The summed E-state index contributed by atoms with van der Waals surface area (Å²) in [5.74, 6) is 0.569. The van der Waals surface area contributed by atoms with Gasteiger partial charge in [-0.2, -0.15) is 5.26 Å². The van der Waals surface area contributed by atoms with E-state index in [9.17, 15) is 0 Å². The molecule has 0 atom stereocenters. The molecular weight excluding hydrogens is 339 g/mol. The topological polar surface area (TPSA) is 65.4 Å². The number of rotatable bonds is 4. The Morgan fingerprint density at radius 3 is 2.28 bits per heavy atom. The Hall–Kier alpha value is -1.29. The lowest BCUT2D eigenvalue weighted by atomic mass is 10.1. The molecule has 98 valence electrons. The first-order valence-electron chi connectivity index (χ1n) is 5.75. The Morgan fingerprint density at radius 2 is 1.83 bits per heavy atom. The number of hydrogen-bond donors (Lipinski definition) is 1. The van der Waals surface area contributed by atoms with E-state index in [2.05, 4.69) is 11.1 Å².